The molecule has 6 heteroatoms. The first-order valence-corrected chi connectivity index (χ1v) is 10.1. The summed E-state index contributed by atoms with van der Waals surface area (Å²) in [7, 11) is 0. The number of hydrogen-bond acceptors (Lipinski definition) is 5. The predicted molar refractivity (Wildman–Crippen MR) is 97.7 cm³/mol. The first-order chi connectivity index (χ1) is 11.7. The number of nitrogens with zero attached hydrogens (tertiary/aromatic N) is 2. The van der Waals surface area contributed by atoms with Gasteiger partial charge < -0.3 is 5.32 Å². The molecule has 126 valence electrons. The van der Waals surface area contributed by atoms with Crippen molar-refractivity contribution in [1.29, 1.82) is 0 Å². The zero-order valence-electron chi connectivity index (χ0n) is 13.6. The maximum absolute atomic E-state index is 12.7. The van der Waals surface area contributed by atoms with Crippen LogP contribution in [0.1, 0.15) is 29.4 Å². The van der Waals surface area contributed by atoms with Crippen LogP contribution >= 0.6 is 23.1 Å². The van der Waals surface area contributed by atoms with Gasteiger partial charge in [-0.1, -0.05) is 11.8 Å². The normalized spacial score (nSPS) is 28.7. The fourth-order valence-corrected chi connectivity index (χ4v) is 5.78. The molecule has 2 unspecified atom stereocenters. The zero-order valence-corrected chi connectivity index (χ0v) is 15.3. The molecule has 0 saturated carbocycles. The van der Waals surface area contributed by atoms with Gasteiger partial charge in [0.25, 0.3) is 5.91 Å². The van der Waals surface area contributed by atoms with E-state index in [-0.39, 0.29) is 11.9 Å². The van der Waals surface area contributed by atoms with Crippen LogP contribution in [0.15, 0.2) is 45.8 Å². The lowest BCUT2D eigenvalue weighted by Gasteiger charge is -2.49. The SMILES string of the molecule is CC1C(NC(=O)c2ccc(Sc3cccnc3)s2)C2CCN1CC2. The van der Waals surface area contributed by atoms with E-state index in [2.05, 4.69) is 22.1 Å². The molecular formula is C18H21N3OS2. The van der Waals surface area contributed by atoms with Crippen LogP contribution in [0.2, 0.25) is 0 Å². The van der Waals surface area contributed by atoms with Gasteiger partial charge in [0.2, 0.25) is 0 Å². The van der Waals surface area contributed by atoms with Crippen molar-refractivity contribution < 1.29 is 4.79 Å². The summed E-state index contributed by atoms with van der Waals surface area (Å²) >= 11 is 3.21. The number of carbonyl (C=O) groups excluding carboxylic acids is 1. The van der Waals surface area contributed by atoms with Gasteiger partial charge in [-0.3, -0.25) is 14.7 Å². The Labute approximate surface area is 150 Å². The quantitative estimate of drug-likeness (QED) is 0.907. The summed E-state index contributed by atoms with van der Waals surface area (Å²) in [6.07, 6.45) is 6.04. The summed E-state index contributed by atoms with van der Waals surface area (Å²) < 4.78 is 1.12. The Hall–Kier alpha value is -1.37. The monoisotopic (exact) mass is 359 g/mol. The topological polar surface area (TPSA) is 45.2 Å². The highest BCUT2D eigenvalue weighted by Gasteiger charge is 2.40. The number of piperidine rings is 3. The van der Waals surface area contributed by atoms with Crippen LogP contribution in [0.4, 0.5) is 0 Å². The van der Waals surface area contributed by atoms with Crippen LogP contribution in [0.25, 0.3) is 0 Å². The molecule has 2 aromatic rings. The standard InChI is InChI=1S/C18H21N3OS2/c1-12-17(13-6-9-21(12)10-7-13)20-18(22)15-4-5-16(24-15)23-14-3-2-8-19-11-14/h2-5,8,11-13,17H,6-7,9-10H2,1H3,(H,20,22). The average molecular weight is 360 g/mol. The largest absolute Gasteiger partial charge is 0.347 e. The Bertz CT molecular complexity index is 708. The third-order valence-electron chi connectivity index (χ3n) is 5.13. The number of hydrogen-bond donors (Lipinski definition) is 1. The molecule has 0 aliphatic carbocycles. The van der Waals surface area contributed by atoms with Crippen LogP contribution in [0, 0.1) is 5.92 Å². The summed E-state index contributed by atoms with van der Waals surface area (Å²) in [6.45, 7) is 4.61. The minimum absolute atomic E-state index is 0.0728. The second-order valence-corrected chi connectivity index (χ2v) is 8.98. The van der Waals surface area contributed by atoms with Gasteiger partial charge in [-0.15, -0.1) is 11.3 Å². The van der Waals surface area contributed by atoms with Crippen LogP contribution in [0.5, 0.6) is 0 Å². The van der Waals surface area contributed by atoms with Crippen LogP contribution < -0.4 is 5.32 Å². The number of fused-ring (bicyclic) bond motifs is 3. The van der Waals surface area contributed by atoms with Crippen LogP contribution in [-0.2, 0) is 0 Å². The number of thiophene rings is 1. The molecule has 24 heavy (non-hydrogen) atoms. The molecule has 5 heterocycles. The third kappa shape index (κ3) is 3.23. The van der Waals surface area contributed by atoms with Crippen molar-refractivity contribution in [3.63, 3.8) is 0 Å². The minimum atomic E-state index is 0.0728. The smallest absolute Gasteiger partial charge is 0.261 e. The van der Waals surface area contributed by atoms with Crippen molar-refractivity contribution in [1.82, 2.24) is 15.2 Å². The molecule has 1 N–H and O–H groups in total. The highest BCUT2D eigenvalue weighted by molar-refractivity contribution is 8.01. The van der Waals surface area contributed by atoms with E-state index < -0.39 is 0 Å². The highest BCUT2D eigenvalue weighted by Crippen LogP contribution is 2.34. The molecule has 3 aliphatic heterocycles. The van der Waals surface area contributed by atoms with E-state index in [0.717, 1.165) is 14.0 Å². The maximum atomic E-state index is 12.7. The van der Waals surface area contributed by atoms with Crippen LogP contribution in [-0.4, -0.2) is 41.0 Å². The van der Waals surface area contributed by atoms with E-state index in [9.17, 15) is 4.79 Å². The van der Waals surface area contributed by atoms with Crippen molar-refractivity contribution in [2.24, 2.45) is 5.92 Å². The fourth-order valence-electron chi connectivity index (χ4n) is 3.79. The lowest BCUT2D eigenvalue weighted by molar-refractivity contribution is 0.0218. The van der Waals surface area contributed by atoms with E-state index in [1.807, 2.05) is 30.5 Å². The minimum Gasteiger partial charge on any atom is -0.347 e. The Morgan fingerprint density at radius 1 is 1.33 bits per heavy atom. The first-order valence-electron chi connectivity index (χ1n) is 8.43. The van der Waals surface area contributed by atoms with Gasteiger partial charge in [-0.2, -0.15) is 0 Å². The number of aromatic nitrogens is 1. The van der Waals surface area contributed by atoms with Crippen molar-refractivity contribution in [2.45, 2.75) is 41.0 Å². The molecule has 2 aromatic heterocycles. The molecule has 2 bridgehead atoms. The molecule has 0 spiro atoms. The maximum Gasteiger partial charge on any atom is 0.261 e. The van der Waals surface area contributed by atoms with E-state index in [1.54, 1.807) is 29.3 Å². The Morgan fingerprint density at radius 3 is 2.88 bits per heavy atom. The molecule has 3 saturated heterocycles. The zero-order chi connectivity index (χ0) is 16.5. The Morgan fingerprint density at radius 2 is 2.17 bits per heavy atom. The van der Waals surface area contributed by atoms with Gasteiger partial charge in [0, 0.05) is 29.4 Å². The van der Waals surface area contributed by atoms with Crippen molar-refractivity contribution in [3.05, 3.63) is 41.5 Å². The molecule has 3 fully saturated rings. The van der Waals surface area contributed by atoms with Crippen molar-refractivity contribution >= 4 is 29.0 Å². The summed E-state index contributed by atoms with van der Waals surface area (Å²) in [6, 6.07) is 8.66. The summed E-state index contributed by atoms with van der Waals surface area (Å²) in [5.41, 5.74) is 0. The van der Waals surface area contributed by atoms with Gasteiger partial charge in [-0.25, -0.2) is 0 Å². The van der Waals surface area contributed by atoms with E-state index in [0.29, 0.717) is 12.0 Å². The van der Waals surface area contributed by atoms with E-state index in [4.69, 9.17) is 0 Å². The molecule has 1 amide bonds. The Balaban J connectivity index is 1.42. The molecular weight excluding hydrogens is 338 g/mol. The summed E-state index contributed by atoms with van der Waals surface area (Å²) in [4.78, 5) is 21.2. The molecule has 0 radical (unpaired) electrons. The van der Waals surface area contributed by atoms with Crippen molar-refractivity contribution in [3.8, 4) is 0 Å². The average Bonchev–Trinajstić information content (AvgIpc) is 3.08. The molecule has 2 atom stereocenters. The third-order valence-corrected chi connectivity index (χ3v) is 7.33. The van der Waals surface area contributed by atoms with Crippen molar-refractivity contribution in [2.75, 3.05) is 13.1 Å². The molecule has 0 aromatic carbocycles. The second kappa shape index (κ2) is 6.86. The summed E-state index contributed by atoms with van der Waals surface area (Å²) in [5, 5.41) is 3.30. The number of nitrogens with one attached hydrogen (secondary N) is 1. The Kier molecular flexibility index (Phi) is 4.61. The number of pyridine rings is 1. The highest BCUT2D eigenvalue weighted by atomic mass is 32.2. The molecule has 5 rings (SSSR count). The van der Waals surface area contributed by atoms with E-state index in [1.165, 1.54) is 25.9 Å². The van der Waals surface area contributed by atoms with E-state index >= 15 is 0 Å². The number of amides is 1. The number of carbonyl (C=O) groups is 1. The van der Waals surface area contributed by atoms with Gasteiger partial charge in [0.1, 0.15) is 0 Å². The van der Waals surface area contributed by atoms with Gasteiger partial charge in [0.15, 0.2) is 0 Å². The van der Waals surface area contributed by atoms with Gasteiger partial charge in [-0.05, 0) is 63.0 Å². The first kappa shape index (κ1) is 16.1. The molecule has 3 aliphatic rings. The fraction of sp³-hybridized carbons (Fsp3) is 0.444. The second-order valence-electron chi connectivity index (χ2n) is 6.52. The van der Waals surface area contributed by atoms with Gasteiger partial charge >= 0.3 is 0 Å². The molecule has 4 nitrogen and oxygen atoms in total. The lowest BCUT2D eigenvalue weighted by Crippen LogP contribution is -2.62. The summed E-state index contributed by atoms with van der Waals surface area (Å²) in [5.74, 6) is 0.710. The lowest BCUT2D eigenvalue weighted by atomic mass is 9.79. The van der Waals surface area contributed by atoms with Crippen LogP contribution in [0.3, 0.4) is 0 Å². The van der Waals surface area contributed by atoms with Gasteiger partial charge in [0.05, 0.1) is 9.09 Å². The predicted octanol–water partition coefficient (Wildman–Crippen LogP) is 3.51. The number of rotatable bonds is 4.